The Kier molecular flexibility index (Phi) is 2.32. The summed E-state index contributed by atoms with van der Waals surface area (Å²) < 4.78 is 0. The van der Waals surface area contributed by atoms with Crippen LogP contribution in [0.1, 0.15) is 21.7 Å². The van der Waals surface area contributed by atoms with Crippen molar-refractivity contribution in [1.82, 2.24) is 9.97 Å². The molecule has 0 saturated heterocycles. The molecule has 15 heavy (non-hydrogen) atoms. The first-order valence-corrected chi connectivity index (χ1v) is 5.31. The molecule has 4 nitrogen and oxygen atoms in total. The van der Waals surface area contributed by atoms with E-state index < -0.39 is 5.97 Å². The molecule has 0 fully saturated rings. The number of aromatic nitrogens is 2. The summed E-state index contributed by atoms with van der Waals surface area (Å²) in [7, 11) is 0. The summed E-state index contributed by atoms with van der Waals surface area (Å²) in [5.41, 5.74) is 4.48. The lowest BCUT2D eigenvalue weighted by Gasteiger charge is -1.93. The van der Waals surface area contributed by atoms with Crippen LogP contribution < -0.4 is 0 Å². The van der Waals surface area contributed by atoms with Crippen molar-refractivity contribution >= 4 is 17.3 Å². The molecule has 2 N–H and O–H groups in total. The number of thiazole rings is 1. The van der Waals surface area contributed by atoms with Gasteiger partial charge < -0.3 is 10.1 Å². The van der Waals surface area contributed by atoms with Crippen LogP contribution in [0.3, 0.4) is 0 Å². The highest BCUT2D eigenvalue weighted by molar-refractivity contribution is 7.13. The van der Waals surface area contributed by atoms with Crippen LogP contribution in [0.4, 0.5) is 0 Å². The van der Waals surface area contributed by atoms with Crippen molar-refractivity contribution in [1.29, 1.82) is 0 Å². The molecule has 0 radical (unpaired) electrons. The average Bonchev–Trinajstić information content (AvgIpc) is 2.71. The van der Waals surface area contributed by atoms with Gasteiger partial charge in [0.25, 0.3) is 0 Å². The fourth-order valence-corrected chi connectivity index (χ4v) is 2.24. The van der Waals surface area contributed by atoms with Crippen molar-refractivity contribution in [3.8, 4) is 10.6 Å². The minimum absolute atomic E-state index is 0.248. The third-order valence-electron chi connectivity index (χ3n) is 2.22. The monoisotopic (exact) mass is 222 g/mol. The zero-order valence-corrected chi connectivity index (χ0v) is 9.18. The number of rotatable bonds is 2. The first-order valence-electron chi connectivity index (χ1n) is 4.43. The van der Waals surface area contributed by atoms with Crippen molar-refractivity contribution in [2.75, 3.05) is 0 Å². The van der Waals surface area contributed by atoms with E-state index in [0.717, 1.165) is 21.8 Å². The zero-order chi connectivity index (χ0) is 11.0. The van der Waals surface area contributed by atoms with Crippen LogP contribution in [0, 0.1) is 13.8 Å². The Morgan fingerprint density at radius 2 is 2.27 bits per heavy atom. The SMILES string of the molecule is Cc1cc(-c2scnc2C)[nH]c1C(=O)O. The number of aryl methyl sites for hydroxylation is 2. The molecule has 2 aromatic heterocycles. The van der Waals surface area contributed by atoms with Gasteiger partial charge in [0.15, 0.2) is 0 Å². The van der Waals surface area contributed by atoms with E-state index in [2.05, 4.69) is 9.97 Å². The van der Waals surface area contributed by atoms with E-state index in [1.165, 1.54) is 11.3 Å². The van der Waals surface area contributed by atoms with Crippen molar-refractivity contribution in [2.45, 2.75) is 13.8 Å². The summed E-state index contributed by atoms with van der Waals surface area (Å²) in [6.45, 7) is 3.68. The van der Waals surface area contributed by atoms with Crippen LogP contribution in [0.2, 0.25) is 0 Å². The largest absolute Gasteiger partial charge is 0.477 e. The molecular formula is C10H10N2O2S. The summed E-state index contributed by atoms with van der Waals surface area (Å²) in [6, 6.07) is 1.84. The maximum absolute atomic E-state index is 10.8. The van der Waals surface area contributed by atoms with Crippen molar-refractivity contribution in [3.63, 3.8) is 0 Å². The van der Waals surface area contributed by atoms with E-state index in [0.29, 0.717) is 0 Å². The van der Waals surface area contributed by atoms with Crippen LogP contribution in [0.5, 0.6) is 0 Å². The molecule has 0 atom stereocenters. The van der Waals surface area contributed by atoms with Gasteiger partial charge in [-0.3, -0.25) is 0 Å². The van der Waals surface area contributed by atoms with E-state index in [1.807, 2.05) is 13.0 Å². The van der Waals surface area contributed by atoms with Crippen LogP contribution >= 0.6 is 11.3 Å². The minimum Gasteiger partial charge on any atom is -0.477 e. The molecule has 0 aliphatic carbocycles. The average molecular weight is 222 g/mol. The van der Waals surface area contributed by atoms with Crippen LogP contribution in [-0.4, -0.2) is 21.0 Å². The quantitative estimate of drug-likeness (QED) is 0.820. The number of aromatic carboxylic acids is 1. The minimum atomic E-state index is -0.930. The molecule has 78 valence electrons. The summed E-state index contributed by atoms with van der Waals surface area (Å²) in [4.78, 5) is 18.9. The van der Waals surface area contributed by atoms with Gasteiger partial charge in [-0.1, -0.05) is 0 Å². The highest BCUT2D eigenvalue weighted by atomic mass is 32.1. The molecule has 0 aromatic carbocycles. The summed E-state index contributed by atoms with van der Waals surface area (Å²) in [6.07, 6.45) is 0. The normalized spacial score (nSPS) is 10.5. The maximum Gasteiger partial charge on any atom is 0.352 e. The second-order valence-corrected chi connectivity index (χ2v) is 4.17. The number of carboxylic acids is 1. The van der Waals surface area contributed by atoms with Crippen molar-refractivity contribution in [2.24, 2.45) is 0 Å². The van der Waals surface area contributed by atoms with E-state index in [4.69, 9.17) is 5.11 Å². The lowest BCUT2D eigenvalue weighted by atomic mass is 10.2. The van der Waals surface area contributed by atoms with Gasteiger partial charge in [-0.25, -0.2) is 9.78 Å². The lowest BCUT2D eigenvalue weighted by molar-refractivity contribution is 0.0690. The van der Waals surface area contributed by atoms with Crippen molar-refractivity contribution < 1.29 is 9.90 Å². The number of aromatic amines is 1. The Bertz CT molecular complexity index is 513. The second kappa shape index (κ2) is 3.51. The molecule has 0 aliphatic rings. The lowest BCUT2D eigenvalue weighted by Crippen LogP contribution is -1.98. The molecule has 0 saturated carbocycles. The number of hydrogen-bond donors (Lipinski definition) is 2. The predicted octanol–water partition coefficient (Wildman–Crippen LogP) is 2.45. The molecule has 5 heteroatoms. The fraction of sp³-hybridized carbons (Fsp3) is 0.200. The van der Waals surface area contributed by atoms with Gasteiger partial charge in [0.05, 0.1) is 21.8 Å². The molecular weight excluding hydrogens is 212 g/mol. The maximum atomic E-state index is 10.8. The second-order valence-electron chi connectivity index (χ2n) is 3.31. The molecule has 2 heterocycles. The van der Waals surface area contributed by atoms with E-state index in [9.17, 15) is 4.79 Å². The van der Waals surface area contributed by atoms with Gasteiger partial charge in [-0.2, -0.15) is 0 Å². The highest BCUT2D eigenvalue weighted by Gasteiger charge is 2.14. The van der Waals surface area contributed by atoms with Gasteiger partial charge in [0.1, 0.15) is 5.69 Å². The van der Waals surface area contributed by atoms with E-state index >= 15 is 0 Å². The van der Waals surface area contributed by atoms with Gasteiger partial charge in [-0.05, 0) is 25.5 Å². The van der Waals surface area contributed by atoms with Gasteiger partial charge in [0.2, 0.25) is 0 Å². The topological polar surface area (TPSA) is 66.0 Å². The van der Waals surface area contributed by atoms with E-state index in [1.54, 1.807) is 12.4 Å². The standard InChI is InChI=1S/C10H10N2O2S/c1-5-3-7(12-8(5)10(13)14)9-6(2)11-4-15-9/h3-4,12H,1-2H3,(H,13,14). The number of carboxylic acid groups (broad SMARTS) is 1. The molecule has 2 rings (SSSR count). The number of carbonyl (C=O) groups is 1. The molecule has 0 amide bonds. The number of nitrogens with one attached hydrogen (secondary N) is 1. The first-order chi connectivity index (χ1) is 7.09. The van der Waals surface area contributed by atoms with Crippen LogP contribution in [0.15, 0.2) is 11.6 Å². The first kappa shape index (κ1) is 9.92. The van der Waals surface area contributed by atoms with Crippen LogP contribution in [-0.2, 0) is 0 Å². The number of H-pyrrole nitrogens is 1. The summed E-state index contributed by atoms with van der Waals surface area (Å²) >= 11 is 1.50. The summed E-state index contributed by atoms with van der Waals surface area (Å²) in [5.74, 6) is -0.930. The van der Waals surface area contributed by atoms with Crippen molar-refractivity contribution in [3.05, 3.63) is 28.5 Å². The molecule has 0 bridgehead atoms. The highest BCUT2D eigenvalue weighted by Crippen LogP contribution is 2.27. The predicted molar refractivity (Wildman–Crippen MR) is 58.3 cm³/mol. The van der Waals surface area contributed by atoms with E-state index in [-0.39, 0.29) is 5.69 Å². The number of hydrogen-bond acceptors (Lipinski definition) is 3. The van der Waals surface area contributed by atoms with Crippen LogP contribution in [0.25, 0.3) is 10.6 Å². The molecule has 0 spiro atoms. The Hall–Kier alpha value is -1.62. The number of nitrogens with zero attached hydrogens (tertiary/aromatic N) is 1. The Morgan fingerprint density at radius 3 is 2.73 bits per heavy atom. The van der Waals surface area contributed by atoms with Gasteiger partial charge in [-0.15, -0.1) is 11.3 Å². The van der Waals surface area contributed by atoms with Gasteiger partial charge >= 0.3 is 5.97 Å². The van der Waals surface area contributed by atoms with Gasteiger partial charge in [0, 0.05) is 0 Å². The molecule has 2 aromatic rings. The Labute approximate surface area is 90.6 Å². The third-order valence-corrected chi connectivity index (χ3v) is 3.18. The molecule has 0 aliphatic heterocycles. The third kappa shape index (κ3) is 1.66. The zero-order valence-electron chi connectivity index (χ0n) is 8.37. The smallest absolute Gasteiger partial charge is 0.352 e. The Balaban J connectivity index is 2.52. The fourth-order valence-electron chi connectivity index (χ4n) is 1.46. The Morgan fingerprint density at radius 1 is 1.53 bits per heavy atom. The summed E-state index contributed by atoms with van der Waals surface area (Å²) in [5, 5.41) is 8.90. The molecule has 0 unspecified atom stereocenters.